The maximum Gasteiger partial charge on any atom is 0.320 e. The van der Waals surface area contributed by atoms with Gasteiger partial charge in [-0.1, -0.05) is 18.2 Å². The Labute approximate surface area is 105 Å². The lowest BCUT2D eigenvalue weighted by molar-refractivity contribution is -0.139. The van der Waals surface area contributed by atoms with Gasteiger partial charge in [0.15, 0.2) is 0 Å². The van der Waals surface area contributed by atoms with E-state index in [1.54, 1.807) is 0 Å². The second-order valence-corrected chi connectivity index (χ2v) is 4.65. The van der Waals surface area contributed by atoms with Gasteiger partial charge in [-0.3, -0.25) is 15.1 Å². The smallest absolute Gasteiger partial charge is 0.320 e. The number of aliphatic carboxylic acids is 1. The van der Waals surface area contributed by atoms with Crippen LogP contribution in [0.15, 0.2) is 36.5 Å². The molecule has 4 heteroatoms. The molecule has 92 valence electrons. The van der Waals surface area contributed by atoms with Crippen molar-refractivity contribution in [2.75, 3.05) is 0 Å². The summed E-state index contributed by atoms with van der Waals surface area (Å²) in [5, 5.41) is 13.2. The lowest BCUT2D eigenvalue weighted by atomic mass is 10.1. The number of carbonyl (C=O) groups is 1. The fourth-order valence-electron chi connectivity index (χ4n) is 2.48. The molecule has 3 rings (SSSR count). The van der Waals surface area contributed by atoms with Crippen LogP contribution in [-0.4, -0.2) is 22.1 Å². The standard InChI is InChI=1S/C14H14N2O2/c17-14(18)13-6-5-12(16-13)10-7-9-3-1-2-4-11(9)15-8-10/h1-4,7-8,12-13,16H,5-6H2,(H,17,18). The highest BCUT2D eigenvalue weighted by atomic mass is 16.4. The largest absolute Gasteiger partial charge is 0.480 e. The van der Waals surface area contributed by atoms with Gasteiger partial charge in [-0.2, -0.15) is 0 Å². The van der Waals surface area contributed by atoms with Crippen LogP contribution in [0.3, 0.4) is 0 Å². The predicted octanol–water partition coefficient (Wildman–Crippen LogP) is 2.11. The zero-order chi connectivity index (χ0) is 12.5. The monoisotopic (exact) mass is 242 g/mol. The van der Waals surface area contributed by atoms with Crippen molar-refractivity contribution in [1.82, 2.24) is 10.3 Å². The van der Waals surface area contributed by atoms with Gasteiger partial charge in [0.25, 0.3) is 0 Å². The van der Waals surface area contributed by atoms with Crippen molar-refractivity contribution in [2.45, 2.75) is 24.9 Å². The molecule has 0 aliphatic carbocycles. The first-order valence-corrected chi connectivity index (χ1v) is 6.07. The van der Waals surface area contributed by atoms with E-state index in [2.05, 4.69) is 16.4 Å². The molecule has 1 aromatic heterocycles. The Balaban J connectivity index is 1.89. The van der Waals surface area contributed by atoms with Crippen LogP contribution in [0.1, 0.15) is 24.4 Å². The van der Waals surface area contributed by atoms with Gasteiger partial charge in [-0.25, -0.2) is 0 Å². The summed E-state index contributed by atoms with van der Waals surface area (Å²) in [5.41, 5.74) is 2.03. The van der Waals surface area contributed by atoms with E-state index in [9.17, 15) is 4.79 Å². The van der Waals surface area contributed by atoms with Gasteiger partial charge in [0.1, 0.15) is 6.04 Å². The molecule has 1 saturated heterocycles. The first-order valence-electron chi connectivity index (χ1n) is 6.07. The highest BCUT2D eigenvalue weighted by Crippen LogP contribution is 2.27. The molecular formula is C14H14N2O2. The van der Waals surface area contributed by atoms with Crippen LogP contribution >= 0.6 is 0 Å². The Bertz CT molecular complexity index is 597. The maximum atomic E-state index is 10.9. The van der Waals surface area contributed by atoms with Crippen LogP contribution in [0.5, 0.6) is 0 Å². The fraction of sp³-hybridized carbons (Fsp3) is 0.286. The number of nitrogens with one attached hydrogen (secondary N) is 1. The molecule has 0 amide bonds. The third-order valence-electron chi connectivity index (χ3n) is 3.46. The molecule has 2 atom stereocenters. The highest BCUT2D eigenvalue weighted by molar-refractivity contribution is 5.79. The molecule has 4 nitrogen and oxygen atoms in total. The number of benzene rings is 1. The van der Waals surface area contributed by atoms with Crippen molar-refractivity contribution in [1.29, 1.82) is 0 Å². The van der Waals surface area contributed by atoms with Gasteiger partial charge >= 0.3 is 5.97 Å². The number of aromatic nitrogens is 1. The molecule has 0 bridgehead atoms. The predicted molar refractivity (Wildman–Crippen MR) is 68.3 cm³/mol. The molecule has 2 aromatic rings. The van der Waals surface area contributed by atoms with Crippen LogP contribution in [0, 0.1) is 0 Å². The Hall–Kier alpha value is -1.94. The number of hydrogen-bond acceptors (Lipinski definition) is 3. The van der Waals surface area contributed by atoms with Crippen LogP contribution in [0.2, 0.25) is 0 Å². The summed E-state index contributed by atoms with van der Waals surface area (Å²) < 4.78 is 0. The summed E-state index contributed by atoms with van der Waals surface area (Å²) in [6, 6.07) is 9.70. The molecule has 0 radical (unpaired) electrons. The Kier molecular flexibility index (Phi) is 2.72. The highest BCUT2D eigenvalue weighted by Gasteiger charge is 2.29. The van der Waals surface area contributed by atoms with Gasteiger partial charge in [-0.05, 0) is 30.5 Å². The molecule has 2 unspecified atom stereocenters. The van der Waals surface area contributed by atoms with Crippen molar-refractivity contribution in [3.05, 3.63) is 42.1 Å². The van der Waals surface area contributed by atoms with E-state index >= 15 is 0 Å². The molecule has 1 aliphatic heterocycles. The summed E-state index contributed by atoms with van der Waals surface area (Å²) in [6.07, 6.45) is 3.36. The van der Waals surface area contributed by atoms with Crippen LogP contribution < -0.4 is 5.32 Å². The summed E-state index contributed by atoms with van der Waals surface area (Å²) in [5.74, 6) is -0.772. The molecule has 1 aliphatic rings. The SMILES string of the molecule is O=C(O)C1CCC(c2cnc3ccccc3c2)N1. The molecule has 18 heavy (non-hydrogen) atoms. The maximum absolute atomic E-state index is 10.9. The average Bonchev–Trinajstić information content (AvgIpc) is 2.88. The Morgan fingerprint density at radius 3 is 2.94 bits per heavy atom. The third-order valence-corrected chi connectivity index (χ3v) is 3.46. The molecule has 0 spiro atoms. The number of para-hydroxylation sites is 1. The van der Waals surface area contributed by atoms with E-state index in [0.29, 0.717) is 6.42 Å². The topological polar surface area (TPSA) is 62.2 Å². The third kappa shape index (κ3) is 1.95. The zero-order valence-corrected chi connectivity index (χ0v) is 9.84. The van der Waals surface area contributed by atoms with Gasteiger partial charge in [0.05, 0.1) is 5.52 Å². The first kappa shape index (κ1) is 11.2. The quantitative estimate of drug-likeness (QED) is 0.846. The number of rotatable bonds is 2. The van der Waals surface area contributed by atoms with Crippen LogP contribution in [-0.2, 0) is 4.79 Å². The van der Waals surface area contributed by atoms with Crippen molar-refractivity contribution in [2.24, 2.45) is 0 Å². The van der Waals surface area contributed by atoms with Gasteiger partial charge in [0.2, 0.25) is 0 Å². The second kappa shape index (κ2) is 4.38. The number of carboxylic acids is 1. The molecule has 2 heterocycles. The molecule has 1 fully saturated rings. The molecule has 1 aromatic carbocycles. The van der Waals surface area contributed by atoms with Crippen LogP contribution in [0.25, 0.3) is 10.9 Å². The van der Waals surface area contributed by atoms with Crippen molar-refractivity contribution >= 4 is 16.9 Å². The molecular weight excluding hydrogens is 228 g/mol. The minimum atomic E-state index is -0.772. The van der Waals surface area contributed by atoms with Gasteiger partial charge in [-0.15, -0.1) is 0 Å². The summed E-state index contributed by atoms with van der Waals surface area (Å²) in [4.78, 5) is 15.3. The van der Waals surface area contributed by atoms with E-state index in [0.717, 1.165) is 22.9 Å². The van der Waals surface area contributed by atoms with E-state index in [1.165, 1.54) is 0 Å². The van der Waals surface area contributed by atoms with Crippen molar-refractivity contribution < 1.29 is 9.90 Å². The van der Waals surface area contributed by atoms with E-state index in [4.69, 9.17) is 5.11 Å². The lowest BCUT2D eigenvalue weighted by Crippen LogP contribution is -2.31. The number of carboxylic acid groups (broad SMARTS) is 1. The van der Waals surface area contributed by atoms with E-state index in [1.807, 2.05) is 30.5 Å². The van der Waals surface area contributed by atoms with E-state index < -0.39 is 12.0 Å². The number of fused-ring (bicyclic) bond motifs is 1. The van der Waals surface area contributed by atoms with Gasteiger partial charge < -0.3 is 5.11 Å². The number of pyridine rings is 1. The molecule has 0 saturated carbocycles. The van der Waals surface area contributed by atoms with Gasteiger partial charge in [0, 0.05) is 17.6 Å². The number of nitrogens with zero attached hydrogens (tertiary/aromatic N) is 1. The Morgan fingerprint density at radius 2 is 2.17 bits per heavy atom. The minimum Gasteiger partial charge on any atom is -0.480 e. The summed E-state index contributed by atoms with van der Waals surface area (Å²) in [6.45, 7) is 0. The Morgan fingerprint density at radius 1 is 1.33 bits per heavy atom. The first-order chi connectivity index (χ1) is 8.74. The van der Waals surface area contributed by atoms with Crippen molar-refractivity contribution in [3.8, 4) is 0 Å². The normalized spacial score (nSPS) is 23.3. The van der Waals surface area contributed by atoms with E-state index in [-0.39, 0.29) is 6.04 Å². The summed E-state index contributed by atoms with van der Waals surface area (Å²) in [7, 11) is 0. The zero-order valence-electron chi connectivity index (χ0n) is 9.84. The van der Waals surface area contributed by atoms with Crippen LogP contribution in [0.4, 0.5) is 0 Å². The summed E-state index contributed by atoms with van der Waals surface area (Å²) >= 11 is 0. The average molecular weight is 242 g/mol. The molecule has 2 N–H and O–H groups in total. The lowest BCUT2D eigenvalue weighted by Gasteiger charge is -2.12. The second-order valence-electron chi connectivity index (χ2n) is 4.65. The number of hydrogen-bond donors (Lipinski definition) is 2. The minimum absolute atomic E-state index is 0.100. The fourth-order valence-corrected chi connectivity index (χ4v) is 2.48. The van der Waals surface area contributed by atoms with Crippen molar-refractivity contribution in [3.63, 3.8) is 0 Å².